The first-order valence-electron chi connectivity index (χ1n) is 3.71. The molecule has 12 heavy (non-hydrogen) atoms. The molecule has 0 aliphatic carbocycles. The topological polar surface area (TPSA) is 34.1 Å². The average Bonchev–Trinajstić information content (AvgIpc) is 1.84. The summed E-state index contributed by atoms with van der Waals surface area (Å²) in [5, 5.41) is 0. The number of ketones is 2. The van der Waals surface area contributed by atoms with E-state index in [4.69, 9.17) is 0 Å². The zero-order valence-corrected chi connectivity index (χ0v) is 8.74. The van der Waals surface area contributed by atoms with Gasteiger partial charge in [0.2, 0.25) is 0 Å². The Morgan fingerprint density at radius 3 is 1.50 bits per heavy atom. The van der Waals surface area contributed by atoms with Crippen molar-refractivity contribution in [3.8, 4) is 0 Å². The predicted molar refractivity (Wildman–Crippen MR) is 52.5 cm³/mol. The zero-order valence-electron chi connectivity index (χ0n) is 7.84. The summed E-state index contributed by atoms with van der Waals surface area (Å²) in [6.07, 6.45) is 1.58. The van der Waals surface area contributed by atoms with Crippen molar-refractivity contribution in [3.63, 3.8) is 0 Å². The Balaban J connectivity index is 5.02. The van der Waals surface area contributed by atoms with Crippen LogP contribution in [0.3, 0.4) is 0 Å². The third-order valence-corrected chi connectivity index (χ3v) is 2.33. The molecule has 0 aromatic heterocycles. The Labute approximate surface area is 78.4 Å². The van der Waals surface area contributed by atoms with Gasteiger partial charge in [-0.3, -0.25) is 9.59 Å². The van der Waals surface area contributed by atoms with Gasteiger partial charge in [-0.1, -0.05) is 11.6 Å². The quantitative estimate of drug-likeness (QED) is 0.414. The minimum Gasteiger partial charge on any atom is -0.298 e. The molecule has 0 aromatic carbocycles. The predicted octanol–water partition coefficient (Wildman–Crippen LogP) is 1.80. The maximum Gasteiger partial charge on any atom is 0.156 e. The highest BCUT2D eigenvalue weighted by atomic mass is 32.1. The van der Waals surface area contributed by atoms with Crippen LogP contribution in [0.5, 0.6) is 0 Å². The summed E-state index contributed by atoms with van der Waals surface area (Å²) in [5.74, 6) is -0.473. The van der Waals surface area contributed by atoms with E-state index in [1.54, 1.807) is 6.08 Å². The molecule has 2 nitrogen and oxygen atoms in total. The van der Waals surface area contributed by atoms with Gasteiger partial charge in [0.15, 0.2) is 11.6 Å². The molecule has 0 radical (unpaired) electrons. The third kappa shape index (κ3) is 2.48. The average molecular weight is 186 g/mol. The summed E-state index contributed by atoms with van der Waals surface area (Å²) < 4.78 is -1.22. The van der Waals surface area contributed by atoms with Crippen LogP contribution in [0.2, 0.25) is 0 Å². The SMILES string of the molecule is CC(=O)C(S)(C=C(C)C)C(C)=O. The van der Waals surface area contributed by atoms with E-state index in [9.17, 15) is 9.59 Å². The molecule has 0 saturated carbocycles. The number of allylic oxidation sites excluding steroid dienone is 1. The summed E-state index contributed by atoms with van der Waals surface area (Å²) in [6.45, 7) is 6.40. The molecule has 0 spiro atoms. The smallest absolute Gasteiger partial charge is 0.156 e. The van der Waals surface area contributed by atoms with Crippen LogP contribution in [0.4, 0.5) is 0 Å². The van der Waals surface area contributed by atoms with E-state index < -0.39 is 4.75 Å². The molecule has 0 bridgehead atoms. The molecule has 0 rings (SSSR count). The number of thiol groups is 1. The van der Waals surface area contributed by atoms with Gasteiger partial charge in [-0.25, -0.2) is 0 Å². The molecule has 0 fully saturated rings. The molecule has 0 aliphatic heterocycles. The lowest BCUT2D eigenvalue weighted by molar-refractivity contribution is -0.126. The first-order chi connectivity index (χ1) is 5.30. The van der Waals surface area contributed by atoms with Crippen LogP contribution in [-0.2, 0) is 9.59 Å². The molecule has 0 N–H and O–H groups in total. The van der Waals surface area contributed by atoms with Gasteiger partial charge in [-0.2, -0.15) is 12.6 Å². The standard InChI is InChI=1S/C9H14O2S/c1-6(2)5-9(12,7(3)10)8(4)11/h5,12H,1-4H3. The molecule has 0 aliphatic rings. The maximum atomic E-state index is 11.1. The van der Waals surface area contributed by atoms with Gasteiger partial charge in [0, 0.05) is 0 Å². The second-order valence-electron chi connectivity index (χ2n) is 3.10. The molecule has 3 heteroatoms. The van der Waals surface area contributed by atoms with Crippen molar-refractivity contribution in [2.45, 2.75) is 32.4 Å². The van der Waals surface area contributed by atoms with Crippen molar-refractivity contribution in [1.29, 1.82) is 0 Å². The van der Waals surface area contributed by atoms with E-state index in [-0.39, 0.29) is 11.6 Å². The van der Waals surface area contributed by atoms with E-state index in [1.807, 2.05) is 13.8 Å². The van der Waals surface area contributed by atoms with Gasteiger partial charge in [-0.15, -0.1) is 0 Å². The van der Waals surface area contributed by atoms with E-state index in [2.05, 4.69) is 12.6 Å². The molecular weight excluding hydrogens is 172 g/mol. The summed E-state index contributed by atoms with van der Waals surface area (Å²) in [6, 6.07) is 0. The molecule has 0 aromatic rings. The van der Waals surface area contributed by atoms with Crippen molar-refractivity contribution in [2.24, 2.45) is 0 Å². The summed E-state index contributed by atoms with van der Waals surface area (Å²) in [7, 11) is 0. The number of rotatable bonds is 3. The van der Waals surface area contributed by atoms with Gasteiger partial charge >= 0.3 is 0 Å². The van der Waals surface area contributed by atoms with Crippen LogP contribution in [0.25, 0.3) is 0 Å². The number of carbonyl (C=O) groups is 2. The molecule has 0 unspecified atom stereocenters. The van der Waals surface area contributed by atoms with Crippen LogP contribution in [0.15, 0.2) is 11.6 Å². The molecule has 0 saturated heterocycles. The lowest BCUT2D eigenvalue weighted by Gasteiger charge is -2.18. The molecule has 68 valence electrons. The minimum atomic E-state index is -1.22. The second-order valence-corrected chi connectivity index (χ2v) is 3.81. The number of hydrogen-bond acceptors (Lipinski definition) is 3. The Morgan fingerprint density at radius 2 is 1.42 bits per heavy atom. The van der Waals surface area contributed by atoms with Crippen molar-refractivity contribution < 1.29 is 9.59 Å². The van der Waals surface area contributed by atoms with Crippen molar-refractivity contribution in [2.75, 3.05) is 0 Å². The van der Waals surface area contributed by atoms with Crippen LogP contribution >= 0.6 is 12.6 Å². The van der Waals surface area contributed by atoms with Crippen molar-refractivity contribution in [3.05, 3.63) is 11.6 Å². The molecule has 0 atom stereocenters. The highest BCUT2D eigenvalue weighted by Gasteiger charge is 2.33. The highest BCUT2D eigenvalue weighted by molar-refractivity contribution is 7.84. The third-order valence-electron chi connectivity index (χ3n) is 1.57. The normalized spacial score (nSPS) is 10.8. The van der Waals surface area contributed by atoms with Crippen LogP contribution in [0, 0.1) is 0 Å². The molecule has 0 heterocycles. The molecule has 0 amide bonds. The number of Topliss-reactive ketones (excluding diaryl/α,β-unsaturated/α-hetero) is 2. The van der Waals surface area contributed by atoms with Crippen molar-refractivity contribution >= 4 is 24.2 Å². The molecular formula is C9H14O2S. The summed E-state index contributed by atoms with van der Waals surface area (Å²) in [5.41, 5.74) is 0.912. The van der Waals surface area contributed by atoms with Crippen LogP contribution in [0.1, 0.15) is 27.7 Å². The number of hydrogen-bond donors (Lipinski definition) is 1. The highest BCUT2D eigenvalue weighted by Crippen LogP contribution is 2.20. The second kappa shape index (κ2) is 3.90. The van der Waals surface area contributed by atoms with Gasteiger partial charge in [-0.05, 0) is 27.7 Å². The number of carbonyl (C=O) groups excluding carboxylic acids is 2. The first kappa shape index (κ1) is 11.4. The monoisotopic (exact) mass is 186 g/mol. The Morgan fingerprint density at radius 1 is 1.08 bits per heavy atom. The van der Waals surface area contributed by atoms with E-state index in [0.717, 1.165) is 5.57 Å². The van der Waals surface area contributed by atoms with E-state index in [1.165, 1.54) is 13.8 Å². The van der Waals surface area contributed by atoms with Crippen LogP contribution in [-0.4, -0.2) is 16.3 Å². The van der Waals surface area contributed by atoms with Gasteiger partial charge in [0.05, 0.1) is 0 Å². The fraction of sp³-hybridized carbons (Fsp3) is 0.556. The Kier molecular flexibility index (Phi) is 3.71. The van der Waals surface area contributed by atoms with Gasteiger partial charge in [0.1, 0.15) is 4.75 Å². The Hall–Kier alpha value is -0.570. The fourth-order valence-corrected chi connectivity index (χ4v) is 1.13. The fourth-order valence-electron chi connectivity index (χ4n) is 0.869. The Bertz CT molecular complexity index is 223. The van der Waals surface area contributed by atoms with Crippen molar-refractivity contribution in [1.82, 2.24) is 0 Å². The minimum absolute atomic E-state index is 0.237. The van der Waals surface area contributed by atoms with Gasteiger partial charge < -0.3 is 0 Å². The maximum absolute atomic E-state index is 11.1. The first-order valence-corrected chi connectivity index (χ1v) is 4.16. The largest absolute Gasteiger partial charge is 0.298 e. The van der Waals surface area contributed by atoms with Gasteiger partial charge in [0.25, 0.3) is 0 Å². The zero-order chi connectivity index (χ0) is 9.94. The lowest BCUT2D eigenvalue weighted by atomic mass is 9.97. The van der Waals surface area contributed by atoms with Crippen LogP contribution < -0.4 is 0 Å². The summed E-state index contributed by atoms with van der Waals surface area (Å²) in [4.78, 5) is 22.2. The lowest BCUT2D eigenvalue weighted by Crippen LogP contribution is -2.36. The van der Waals surface area contributed by atoms with E-state index in [0.29, 0.717) is 0 Å². The van der Waals surface area contributed by atoms with E-state index >= 15 is 0 Å². The summed E-state index contributed by atoms with van der Waals surface area (Å²) >= 11 is 4.07.